The molecule has 2 aromatic rings. The lowest BCUT2D eigenvalue weighted by molar-refractivity contribution is 0.317. The molecular formula is C17H19ClFNO. The number of benzene rings is 2. The molecule has 2 aromatic carbocycles. The van der Waals surface area contributed by atoms with Crippen molar-refractivity contribution < 1.29 is 9.13 Å². The summed E-state index contributed by atoms with van der Waals surface area (Å²) < 4.78 is 19.6. The fourth-order valence-corrected chi connectivity index (χ4v) is 2.39. The van der Waals surface area contributed by atoms with Crippen molar-refractivity contribution in [1.82, 2.24) is 5.32 Å². The highest BCUT2D eigenvalue weighted by molar-refractivity contribution is 6.30. The Morgan fingerprint density at radius 1 is 1.19 bits per heavy atom. The summed E-state index contributed by atoms with van der Waals surface area (Å²) in [6.45, 7) is 2.76. The van der Waals surface area contributed by atoms with Crippen molar-refractivity contribution in [3.63, 3.8) is 0 Å². The van der Waals surface area contributed by atoms with Gasteiger partial charge in [-0.2, -0.15) is 0 Å². The normalized spacial score (nSPS) is 12.2. The molecule has 2 rings (SSSR count). The molecule has 0 bridgehead atoms. The van der Waals surface area contributed by atoms with Gasteiger partial charge in [-0.25, -0.2) is 4.39 Å². The van der Waals surface area contributed by atoms with Crippen LogP contribution in [0, 0.1) is 5.82 Å². The van der Waals surface area contributed by atoms with Crippen molar-refractivity contribution >= 4 is 11.6 Å². The van der Waals surface area contributed by atoms with Gasteiger partial charge in [0.2, 0.25) is 0 Å². The summed E-state index contributed by atoms with van der Waals surface area (Å²) >= 11 is 5.97. The first-order chi connectivity index (χ1) is 10.2. The summed E-state index contributed by atoms with van der Waals surface area (Å²) in [6.07, 6.45) is 0.967. The van der Waals surface area contributed by atoms with Crippen molar-refractivity contribution in [2.24, 2.45) is 0 Å². The smallest absolute Gasteiger partial charge is 0.128 e. The van der Waals surface area contributed by atoms with E-state index in [1.54, 1.807) is 19.2 Å². The first-order valence-corrected chi connectivity index (χ1v) is 7.38. The number of halogens is 2. The molecule has 1 N–H and O–H groups in total. The minimum absolute atomic E-state index is 0.246. The van der Waals surface area contributed by atoms with Crippen LogP contribution in [0.5, 0.6) is 5.75 Å². The Bertz CT molecular complexity index is 586. The summed E-state index contributed by atoms with van der Waals surface area (Å²) in [5.74, 6) is 0.548. The molecule has 0 aromatic heterocycles. The molecule has 4 heteroatoms. The molecule has 2 nitrogen and oxygen atoms in total. The molecule has 112 valence electrons. The molecule has 0 saturated heterocycles. The maximum absolute atomic E-state index is 14.0. The van der Waals surface area contributed by atoms with Crippen molar-refractivity contribution in [2.45, 2.75) is 19.4 Å². The Balaban J connectivity index is 2.26. The highest BCUT2D eigenvalue weighted by Crippen LogP contribution is 2.28. The van der Waals surface area contributed by atoms with Crippen molar-refractivity contribution in [2.75, 3.05) is 13.7 Å². The highest BCUT2D eigenvalue weighted by atomic mass is 35.5. The van der Waals surface area contributed by atoms with Gasteiger partial charge in [-0.15, -0.1) is 0 Å². The minimum atomic E-state index is -0.273. The van der Waals surface area contributed by atoms with Crippen LogP contribution in [0.3, 0.4) is 0 Å². The molecule has 0 aliphatic carbocycles. The Labute approximate surface area is 129 Å². The van der Waals surface area contributed by atoms with Crippen LogP contribution in [0.2, 0.25) is 5.02 Å². The predicted molar refractivity (Wildman–Crippen MR) is 84.5 cm³/mol. The fourth-order valence-electron chi connectivity index (χ4n) is 2.21. The average molecular weight is 308 g/mol. The standard InChI is InChI=1S/C17H19ClFNO/c1-3-10-21-14-7-4-12(5-8-14)17(20-2)15-11-13(18)6-9-16(15)19/h4-9,11,17,20H,3,10H2,1-2H3. The van der Waals surface area contributed by atoms with Gasteiger partial charge in [0.15, 0.2) is 0 Å². The molecular weight excluding hydrogens is 289 g/mol. The average Bonchev–Trinajstić information content (AvgIpc) is 2.50. The van der Waals surface area contributed by atoms with Crippen molar-refractivity contribution in [1.29, 1.82) is 0 Å². The minimum Gasteiger partial charge on any atom is -0.494 e. The zero-order chi connectivity index (χ0) is 15.2. The van der Waals surface area contributed by atoms with Gasteiger partial charge in [0.25, 0.3) is 0 Å². The molecule has 0 aliphatic rings. The van der Waals surface area contributed by atoms with E-state index in [4.69, 9.17) is 16.3 Å². The third-order valence-corrected chi connectivity index (χ3v) is 3.48. The van der Waals surface area contributed by atoms with Gasteiger partial charge in [-0.3, -0.25) is 0 Å². The third kappa shape index (κ3) is 3.96. The SMILES string of the molecule is CCCOc1ccc(C(NC)c2cc(Cl)ccc2F)cc1. The van der Waals surface area contributed by atoms with Gasteiger partial charge < -0.3 is 10.1 Å². The van der Waals surface area contributed by atoms with E-state index < -0.39 is 0 Å². The molecule has 0 fully saturated rings. The van der Waals surface area contributed by atoms with E-state index in [2.05, 4.69) is 12.2 Å². The quantitative estimate of drug-likeness (QED) is 0.843. The molecule has 0 amide bonds. The third-order valence-electron chi connectivity index (χ3n) is 3.24. The van der Waals surface area contributed by atoms with Gasteiger partial charge in [0.1, 0.15) is 11.6 Å². The molecule has 21 heavy (non-hydrogen) atoms. The molecule has 0 radical (unpaired) electrons. The Morgan fingerprint density at radius 3 is 2.52 bits per heavy atom. The zero-order valence-corrected chi connectivity index (χ0v) is 13.0. The largest absolute Gasteiger partial charge is 0.494 e. The van der Waals surface area contributed by atoms with E-state index in [9.17, 15) is 4.39 Å². The Kier molecular flexibility index (Phi) is 5.59. The number of ether oxygens (including phenoxy) is 1. The lowest BCUT2D eigenvalue weighted by atomic mass is 9.98. The van der Waals surface area contributed by atoms with Crippen LogP contribution in [-0.4, -0.2) is 13.7 Å². The lowest BCUT2D eigenvalue weighted by Gasteiger charge is -2.18. The molecule has 0 aliphatic heterocycles. The van der Waals surface area contributed by atoms with Crippen LogP contribution >= 0.6 is 11.6 Å². The first-order valence-electron chi connectivity index (χ1n) is 7.00. The number of nitrogens with one attached hydrogen (secondary N) is 1. The van der Waals surface area contributed by atoms with E-state index in [1.807, 2.05) is 24.3 Å². The van der Waals surface area contributed by atoms with E-state index in [0.717, 1.165) is 17.7 Å². The summed E-state index contributed by atoms with van der Waals surface area (Å²) in [5.41, 5.74) is 1.50. The molecule has 0 heterocycles. The van der Waals surface area contributed by atoms with E-state index in [0.29, 0.717) is 17.2 Å². The Morgan fingerprint density at radius 2 is 1.90 bits per heavy atom. The fraction of sp³-hybridized carbons (Fsp3) is 0.294. The summed E-state index contributed by atoms with van der Waals surface area (Å²) in [7, 11) is 1.80. The molecule has 1 unspecified atom stereocenters. The van der Waals surface area contributed by atoms with Crippen molar-refractivity contribution in [3.05, 3.63) is 64.4 Å². The predicted octanol–water partition coefficient (Wildman–Crippen LogP) is 4.58. The monoisotopic (exact) mass is 307 g/mol. The van der Waals surface area contributed by atoms with E-state index in [-0.39, 0.29) is 11.9 Å². The molecule has 0 saturated carbocycles. The van der Waals surface area contributed by atoms with Gasteiger partial charge in [-0.1, -0.05) is 30.7 Å². The second-order valence-electron chi connectivity index (χ2n) is 4.81. The number of hydrogen-bond donors (Lipinski definition) is 1. The molecule has 0 spiro atoms. The maximum atomic E-state index is 14.0. The maximum Gasteiger partial charge on any atom is 0.128 e. The van der Waals surface area contributed by atoms with Crippen LogP contribution in [0.15, 0.2) is 42.5 Å². The number of rotatable bonds is 6. The Hall–Kier alpha value is -1.58. The second kappa shape index (κ2) is 7.43. The number of hydrogen-bond acceptors (Lipinski definition) is 2. The van der Waals surface area contributed by atoms with Crippen LogP contribution in [-0.2, 0) is 0 Å². The van der Waals surface area contributed by atoms with Crippen LogP contribution in [0.1, 0.15) is 30.5 Å². The van der Waals surface area contributed by atoms with Crippen LogP contribution in [0.25, 0.3) is 0 Å². The summed E-state index contributed by atoms with van der Waals surface area (Å²) in [6, 6.07) is 12.0. The van der Waals surface area contributed by atoms with Gasteiger partial charge in [-0.05, 0) is 49.4 Å². The highest BCUT2D eigenvalue weighted by Gasteiger charge is 2.16. The summed E-state index contributed by atoms with van der Waals surface area (Å²) in [4.78, 5) is 0. The lowest BCUT2D eigenvalue weighted by Crippen LogP contribution is -2.19. The van der Waals surface area contributed by atoms with Crippen LogP contribution in [0.4, 0.5) is 4.39 Å². The zero-order valence-electron chi connectivity index (χ0n) is 12.2. The van der Waals surface area contributed by atoms with Crippen molar-refractivity contribution in [3.8, 4) is 5.75 Å². The van der Waals surface area contributed by atoms with E-state index >= 15 is 0 Å². The molecule has 1 atom stereocenters. The van der Waals surface area contributed by atoms with Gasteiger partial charge in [0, 0.05) is 10.6 Å². The van der Waals surface area contributed by atoms with Crippen LogP contribution < -0.4 is 10.1 Å². The first kappa shape index (κ1) is 15.8. The second-order valence-corrected chi connectivity index (χ2v) is 5.24. The topological polar surface area (TPSA) is 21.3 Å². The summed E-state index contributed by atoms with van der Waals surface area (Å²) in [5, 5.41) is 3.65. The van der Waals surface area contributed by atoms with E-state index in [1.165, 1.54) is 6.07 Å². The van der Waals surface area contributed by atoms with Gasteiger partial charge in [0.05, 0.1) is 12.6 Å². The van der Waals surface area contributed by atoms with Gasteiger partial charge >= 0.3 is 0 Å².